The molecule has 0 saturated heterocycles. The second-order valence-electron chi connectivity index (χ2n) is 6.11. The number of thiazole rings is 1. The van der Waals surface area contributed by atoms with E-state index >= 15 is 0 Å². The molecular formula is C19H19F3N4O3S2. The molecule has 2 aromatic heterocycles. The van der Waals surface area contributed by atoms with Crippen LogP contribution >= 0.6 is 11.3 Å². The zero-order chi connectivity index (χ0) is 23.1. The molecule has 0 aliphatic heterocycles. The lowest BCUT2D eigenvalue weighted by atomic mass is 10.1. The van der Waals surface area contributed by atoms with E-state index in [4.69, 9.17) is 4.42 Å². The number of nitrogens with zero attached hydrogens (tertiary/aromatic N) is 3. The first-order valence-corrected chi connectivity index (χ1v) is 11.2. The van der Waals surface area contributed by atoms with E-state index in [2.05, 4.69) is 34.9 Å². The topological polar surface area (TPSA) is 98.0 Å². The minimum atomic E-state index is -4.84. The molecule has 0 amide bonds. The minimum absolute atomic E-state index is 0.153. The van der Waals surface area contributed by atoms with Crippen LogP contribution in [-0.2, 0) is 23.0 Å². The molecule has 0 fully saturated rings. The van der Waals surface area contributed by atoms with Crippen LogP contribution in [0.5, 0.6) is 0 Å². The molecule has 2 heterocycles. The number of sulfonamides is 1. The summed E-state index contributed by atoms with van der Waals surface area (Å²) in [6.45, 7) is 10.8. The Balaban J connectivity index is 1.92. The van der Waals surface area contributed by atoms with Gasteiger partial charge in [-0.05, 0) is 17.2 Å². The maximum absolute atomic E-state index is 12.2. The number of nitrogens with one attached hydrogen (secondary N) is 1. The van der Waals surface area contributed by atoms with Crippen LogP contribution in [0.15, 0.2) is 65.0 Å². The Hall–Kier alpha value is -2.83. The summed E-state index contributed by atoms with van der Waals surface area (Å²) in [5.74, 6) is -1.98. The maximum Gasteiger partial charge on any atom is 0.404 e. The third kappa shape index (κ3) is 8.82. The molecule has 0 aliphatic rings. The monoisotopic (exact) mass is 472 g/mol. The third-order valence-electron chi connectivity index (χ3n) is 3.48. The fourth-order valence-electron chi connectivity index (χ4n) is 2.07. The number of hydrogen-bond acceptors (Lipinski definition) is 7. The molecule has 2 rings (SSSR count). The average Bonchev–Trinajstić information content (AvgIpc) is 3.30. The Morgan fingerprint density at radius 2 is 1.87 bits per heavy atom. The van der Waals surface area contributed by atoms with Crippen LogP contribution in [0.4, 0.5) is 13.2 Å². The van der Waals surface area contributed by atoms with Gasteiger partial charge in [0.2, 0.25) is 21.8 Å². The third-order valence-corrected chi connectivity index (χ3v) is 5.64. The van der Waals surface area contributed by atoms with Crippen LogP contribution in [0.1, 0.15) is 22.5 Å². The van der Waals surface area contributed by atoms with E-state index in [9.17, 15) is 21.6 Å². The lowest BCUT2D eigenvalue weighted by Crippen LogP contribution is -2.33. The van der Waals surface area contributed by atoms with Crippen molar-refractivity contribution >= 4 is 27.4 Å². The molecule has 166 valence electrons. The van der Waals surface area contributed by atoms with Crippen molar-refractivity contribution in [2.24, 2.45) is 0 Å². The van der Waals surface area contributed by atoms with E-state index in [1.54, 1.807) is 35.1 Å². The van der Waals surface area contributed by atoms with E-state index in [1.165, 1.54) is 11.3 Å². The van der Waals surface area contributed by atoms with Gasteiger partial charge in [0.05, 0.1) is 18.7 Å². The van der Waals surface area contributed by atoms with Gasteiger partial charge in [-0.15, -0.1) is 21.5 Å². The molecule has 0 radical (unpaired) electrons. The van der Waals surface area contributed by atoms with Crippen LogP contribution in [0, 0.1) is 0 Å². The molecule has 12 heteroatoms. The summed E-state index contributed by atoms with van der Waals surface area (Å²) in [7, 11) is -4.55. The summed E-state index contributed by atoms with van der Waals surface area (Å²) in [6, 6.07) is 0. The van der Waals surface area contributed by atoms with E-state index < -0.39 is 28.5 Å². The largest absolute Gasteiger partial charge is 0.423 e. The first-order valence-electron chi connectivity index (χ1n) is 8.62. The highest BCUT2D eigenvalue weighted by Gasteiger charge is 2.35. The highest BCUT2D eigenvalue weighted by molar-refractivity contribution is 7.89. The summed E-state index contributed by atoms with van der Waals surface area (Å²) in [4.78, 5) is 4.40. The van der Waals surface area contributed by atoms with Crippen molar-refractivity contribution in [3.8, 4) is 0 Å². The summed E-state index contributed by atoms with van der Waals surface area (Å²) in [5.41, 5.74) is 2.12. The predicted octanol–water partition coefficient (Wildman–Crippen LogP) is 3.97. The van der Waals surface area contributed by atoms with Gasteiger partial charge in [0.25, 0.3) is 0 Å². The first-order chi connectivity index (χ1) is 14.5. The molecule has 0 bridgehead atoms. The van der Waals surface area contributed by atoms with Gasteiger partial charge in [0.15, 0.2) is 5.75 Å². The van der Waals surface area contributed by atoms with E-state index in [-0.39, 0.29) is 18.2 Å². The van der Waals surface area contributed by atoms with Crippen LogP contribution in [0.2, 0.25) is 0 Å². The number of alkyl halides is 3. The molecule has 0 spiro atoms. The summed E-state index contributed by atoms with van der Waals surface area (Å²) in [6.07, 6.45) is 4.05. The molecule has 0 aromatic carbocycles. The normalized spacial score (nSPS) is 12.6. The van der Waals surface area contributed by atoms with Crippen molar-refractivity contribution in [2.45, 2.75) is 19.1 Å². The van der Waals surface area contributed by atoms with Crippen LogP contribution < -0.4 is 4.72 Å². The Morgan fingerprint density at radius 3 is 2.55 bits per heavy atom. The molecule has 31 heavy (non-hydrogen) atoms. The highest BCUT2D eigenvalue weighted by Crippen LogP contribution is 2.18. The fraction of sp³-hybridized carbons (Fsp3) is 0.211. The van der Waals surface area contributed by atoms with Crippen molar-refractivity contribution in [3.05, 3.63) is 83.1 Å². The maximum atomic E-state index is 12.2. The molecule has 0 aliphatic carbocycles. The van der Waals surface area contributed by atoms with Crippen molar-refractivity contribution < 1.29 is 26.0 Å². The van der Waals surface area contributed by atoms with Crippen molar-refractivity contribution in [3.63, 3.8) is 0 Å². The zero-order valence-corrected chi connectivity index (χ0v) is 17.9. The van der Waals surface area contributed by atoms with Gasteiger partial charge in [-0.3, -0.25) is 0 Å². The quantitative estimate of drug-likeness (QED) is 0.497. The molecule has 0 saturated carbocycles. The summed E-state index contributed by atoms with van der Waals surface area (Å²) in [5, 5.41) is 9.85. The minimum Gasteiger partial charge on any atom is -0.423 e. The summed E-state index contributed by atoms with van der Waals surface area (Å²) < 4.78 is 66.4. The van der Waals surface area contributed by atoms with Gasteiger partial charge < -0.3 is 4.42 Å². The van der Waals surface area contributed by atoms with Gasteiger partial charge in [-0.25, -0.2) is 18.1 Å². The Morgan fingerprint density at radius 1 is 1.19 bits per heavy atom. The van der Waals surface area contributed by atoms with E-state index in [0.717, 1.165) is 5.57 Å². The summed E-state index contributed by atoms with van der Waals surface area (Å²) >= 11 is 1.35. The van der Waals surface area contributed by atoms with Crippen LogP contribution in [-0.4, -0.2) is 35.5 Å². The fourth-order valence-corrected chi connectivity index (χ4v) is 3.70. The van der Waals surface area contributed by atoms with E-state index in [0.29, 0.717) is 16.3 Å². The Kier molecular flexibility index (Phi) is 8.25. The second-order valence-corrected chi connectivity index (χ2v) is 8.86. The molecule has 1 N–H and O–H groups in total. The van der Waals surface area contributed by atoms with Gasteiger partial charge in [-0.2, -0.15) is 13.2 Å². The van der Waals surface area contributed by atoms with Crippen LogP contribution in [0.25, 0.3) is 6.08 Å². The standard InChI is InChI=1S/C19H19F3N4O3S2/c1-4-5-6-13(2)14(3)7-8-15-11-30-18(24-15)9-16-25-26-17(29-16)10-23-31(27,28)12-19(20,21)22/h4-8,11,23H,1-3,9-10,12H2/b6-5-,8-7-. The van der Waals surface area contributed by atoms with E-state index in [1.807, 2.05) is 5.38 Å². The van der Waals surface area contributed by atoms with Gasteiger partial charge in [0, 0.05) is 5.38 Å². The Bertz CT molecular complexity index is 1110. The van der Waals surface area contributed by atoms with Crippen molar-refractivity contribution in [2.75, 3.05) is 5.75 Å². The predicted molar refractivity (Wildman–Crippen MR) is 113 cm³/mol. The van der Waals surface area contributed by atoms with Gasteiger partial charge >= 0.3 is 6.18 Å². The first kappa shape index (κ1) is 24.4. The molecule has 0 unspecified atom stereocenters. The molecule has 2 aromatic rings. The van der Waals surface area contributed by atoms with Gasteiger partial charge in [-0.1, -0.05) is 44.0 Å². The molecule has 0 atom stereocenters. The van der Waals surface area contributed by atoms with Crippen molar-refractivity contribution in [1.29, 1.82) is 0 Å². The lowest BCUT2D eigenvalue weighted by Gasteiger charge is -2.07. The number of allylic oxidation sites excluding steroid dienone is 6. The average molecular weight is 473 g/mol. The number of aromatic nitrogens is 3. The molecular weight excluding hydrogens is 453 g/mol. The highest BCUT2D eigenvalue weighted by atomic mass is 32.2. The SMILES string of the molecule is C=C/C=C\C(=C)C(=C)/C=C\c1csc(Cc2nnc(CNS(=O)(=O)CC(F)(F)F)o2)n1. The molecule has 7 nitrogen and oxygen atoms in total. The lowest BCUT2D eigenvalue weighted by molar-refractivity contribution is -0.106. The smallest absolute Gasteiger partial charge is 0.404 e. The zero-order valence-electron chi connectivity index (χ0n) is 16.2. The number of rotatable bonds is 11. The second kappa shape index (κ2) is 10.5. The number of hydrogen-bond donors (Lipinski definition) is 1. The van der Waals surface area contributed by atoms with Gasteiger partial charge in [0.1, 0.15) is 5.01 Å². The number of halogens is 3. The van der Waals surface area contributed by atoms with Crippen LogP contribution in [0.3, 0.4) is 0 Å². The Labute approximate surface area is 181 Å². The van der Waals surface area contributed by atoms with Crippen molar-refractivity contribution in [1.82, 2.24) is 19.9 Å².